The van der Waals surface area contributed by atoms with Crippen molar-refractivity contribution < 1.29 is 0 Å². The molecule has 0 spiro atoms. The largest absolute Gasteiger partial charge is 0.316 e. The second-order valence-corrected chi connectivity index (χ2v) is 4.57. The van der Waals surface area contributed by atoms with Gasteiger partial charge in [-0.1, -0.05) is 0 Å². The number of pyridine rings is 1. The molecule has 2 rings (SSSR count). The van der Waals surface area contributed by atoms with E-state index >= 15 is 0 Å². The van der Waals surface area contributed by atoms with Crippen LogP contribution in [0.1, 0.15) is 12.0 Å². The molecule has 0 amide bonds. The Morgan fingerprint density at radius 1 is 1.46 bits per heavy atom. The maximum Gasteiger partial charge on any atom is 0.0270 e. The molecule has 0 aromatic carbocycles. The molecular formula is C10H14N2S. The lowest BCUT2D eigenvalue weighted by atomic mass is 10.3. The highest BCUT2D eigenvalue weighted by Crippen LogP contribution is 2.21. The van der Waals surface area contributed by atoms with Crippen LogP contribution in [0.5, 0.6) is 0 Å². The van der Waals surface area contributed by atoms with E-state index in [1.807, 2.05) is 24.2 Å². The van der Waals surface area contributed by atoms with Crippen molar-refractivity contribution in [2.24, 2.45) is 0 Å². The Kier molecular flexibility index (Phi) is 3.22. The Balaban J connectivity index is 1.79. The van der Waals surface area contributed by atoms with Crippen molar-refractivity contribution in [1.29, 1.82) is 0 Å². The van der Waals surface area contributed by atoms with Gasteiger partial charge in [-0.15, -0.1) is 0 Å². The summed E-state index contributed by atoms with van der Waals surface area (Å²) in [4.78, 5) is 4.00. The highest BCUT2D eigenvalue weighted by atomic mass is 32.2. The Hall–Kier alpha value is -0.540. The minimum absolute atomic E-state index is 0.813. The van der Waals surface area contributed by atoms with Gasteiger partial charge in [0.2, 0.25) is 0 Å². The van der Waals surface area contributed by atoms with Crippen LogP contribution < -0.4 is 5.32 Å². The summed E-state index contributed by atoms with van der Waals surface area (Å²) in [6.07, 6.45) is 5.04. The Labute approximate surface area is 83.1 Å². The Morgan fingerprint density at radius 3 is 3.00 bits per heavy atom. The van der Waals surface area contributed by atoms with Gasteiger partial charge in [0.05, 0.1) is 0 Å². The summed E-state index contributed by atoms with van der Waals surface area (Å²) in [6.45, 7) is 2.36. The number of nitrogens with one attached hydrogen (secondary N) is 1. The molecule has 1 aromatic heterocycles. The second kappa shape index (κ2) is 4.63. The van der Waals surface area contributed by atoms with Crippen LogP contribution >= 0.6 is 11.8 Å². The highest BCUT2D eigenvalue weighted by molar-refractivity contribution is 7.99. The molecule has 1 aliphatic rings. The Morgan fingerprint density at radius 2 is 2.31 bits per heavy atom. The van der Waals surface area contributed by atoms with E-state index in [1.54, 1.807) is 0 Å². The number of hydrogen-bond acceptors (Lipinski definition) is 3. The minimum atomic E-state index is 0.813. The van der Waals surface area contributed by atoms with E-state index in [-0.39, 0.29) is 0 Å². The zero-order valence-electron chi connectivity index (χ0n) is 7.57. The molecule has 1 aromatic rings. The van der Waals surface area contributed by atoms with E-state index in [9.17, 15) is 0 Å². The van der Waals surface area contributed by atoms with Crippen LogP contribution in [0.25, 0.3) is 0 Å². The molecule has 0 bridgehead atoms. The number of aromatic nitrogens is 1. The molecule has 0 saturated carbocycles. The summed E-state index contributed by atoms with van der Waals surface area (Å²) < 4.78 is 0. The van der Waals surface area contributed by atoms with Gasteiger partial charge in [-0.05, 0) is 30.7 Å². The van der Waals surface area contributed by atoms with Gasteiger partial charge in [0.1, 0.15) is 0 Å². The molecule has 0 radical (unpaired) electrons. The van der Waals surface area contributed by atoms with Gasteiger partial charge >= 0.3 is 0 Å². The summed E-state index contributed by atoms with van der Waals surface area (Å²) in [6, 6.07) is 4.19. The van der Waals surface area contributed by atoms with Crippen molar-refractivity contribution in [1.82, 2.24) is 10.3 Å². The first-order chi connectivity index (χ1) is 6.45. The molecule has 0 aliphatic carbocycles. The fourth-order valence-electron chi connectivity index (χ4n) is 1.46. The molecule has 1 aliphatic heterocycles. The van der Waals surface area contributed by atoms with Crippen molar-refractivity contribution in [3.8, 4) is 0 Å². The molecule has 2 heterocycles. The number of hydrogen-bond donors (Lipinski definition) is 1. The Bertz CT molecular complexity index is 244. The fraction of sp³-hybridized carbons (Fsp3) is 0.500. The lowest BCUT2D eigenvalue weighted by molar-refractivity contribution is 0.858. The van der Waals surface area contributed by atoms with E-state index in [0.717, 1.165) is 11.0 Å². The van der Waals surface area contributed by atoms with Crippen LogP contribution in [0.3, 0.4) is 0 Å². The molecule has 1 atom stereocenters. The summed E-state index contributed by atoms with van der Waals surface area (Å²) in [7, 11) is 0. The van der Waals surface area contributed by atoms with Crippen molar-refractivity contribution in [2.75, 3.05) is 13.1 Å². The third-order valence-corrected chi connectivity index (χ3v) is 3.62. The third-order valence-electron chi connectivity index (χ3n) is 2.25. The molecule has 3 heteroatoms. The van der Waals surface area contributed by atoms with Gasteiger partial charge in [0.25, 0.3) is 0 Å². The molecule has 1 N–H and O–H groups in total. The van der Waals surface area contributed by atoms with Crippen molar-refractivity contribution in [3.63, 3.8) is 0 Å². The summed E-state index contributed by atoms with van der Waals surface area (Å²) in [5.41, 5.74) is 1.38. The molecule has 1 fully saturated rings. The van der Waals surface area contributed by atoms with Crippen LogP contribution in [0.4, 0.5) is 0 Å². The van der Waals surface area contributed by atoms with Gasteiger partial charge in [-0.2, -0.15) is 11.8 Å². The van der Waals surface area contributed by atoms with Gasteiger partial charge in [0, 0.05) is 29.9 Å². The van der Waals surface area contributed by atoms with E-state index < -0.39 is 0 Å². The van der Waals surface area contributed by atoms with Gasteiger partial charge in [0.15, 0.2) is 0 Å². The van der Waals surface area contributed by atoms with Crippen molar-refractivity contribution in [2.45, 2.75) is 17.4 Å². The predicted octanol–water partition coefficient (Wildman–Crippen LogP) is 1.68. The predicted molar refractivity (Wildman–Crippen MR) is 56.8 cm³/mol. The third kappa shape index (κ3) is 2.71. The van der Waals surface area contributed by atoms with Gasteiger partial charge in [-0.25, -0.2) is 0 Å². The molecular weight excluding hydrogens is 180 g/mol. The zero-order valence-corrected chi connectivity index (χ0v) is 8.39. The molecule has 70 valence electrons. The highest BCUT2D eigenvalue weighted by Gasteiger charge is 2.14. The minimum Gasteiger partial charge on any atom is -0.316 e. The summed E-state index contributed by atoms with van der Waals surface area (Å²) in [5.74, 6) is 1.12. The van der Waals surface area contributed by atoms with Crippen LogP contribution in [-0.4, -0.2) is 23.3 Å². The summed E-state index contributed by atoms with van der Waals surface area (Å²) >= 11 is 2.05. The molecule has 13 heavy (non-hydrogen) atoms. The van der Waals surface area contributed by atoms with Crippen molar-refractivity contribution >= 4 is 11.8 Å². The smallest absolute Gasteiger partial charge is 0.0270 e. The van der Waals surface area contributed by atoms with Crippen LogP contribution in [0.15, 0.2) is 24.5 Å². The maximum atomic E-state index is 4.00. The van der Waals surface area contributed by atoms with Gasteiger partial charge < -0.3 is 5.32 Å². The van der Waals surface area contributed by atoms with E-state index in [0.29, 0.717) is 0 Å². The van der Waals surface area contributed by atoms with Crippen LogP contribution in [0.2, 0.25) is 0 Å². The molecule has 1 saturated heterocycles. The van der Waals surface area contributed by atoms with Crippen molar-refractivity contribution in [3.05, 3.63) is 30.1 Å². The molecule has 0 unspecified atom stereocenters. The van der Waals surface area contributed by atoms with Gasteiger partial charge in [-0.3, -0.25) is 4.98 Å². The van der Waals surface area contributed by atoms with Crippen LogP contribution in [0, 0.1) is 0 Å². The standard InChI is InChI=1S/C10H14N2S/c1-4-11-5-2-9(1)8-13-10-3-6-12-7-10/h1-2,4-5,10,12H,3,6-8H2/t10-/m0/s1. The average Bonchev–Trinajstić information content (AvgIpc) is 2.69. The maximum absolute atomic E-state index is 4.00. The van der Waals surface area contributed by atoms with Crippen LogP contribution in [-0.2, 0) is 5.75 Å². The van der Waals surface area contributed by atoms with E-state index in [2.05, 4.69) is 22.4 Å². The topological polar surface area (TPSA) is 24.9 Å². The number of rotatable bonds is 3. The first-order valence-corrected chi connectivity index (χ1v) is 5.71. The zero-order chi connectivity index (χ0) is 8.93. The monoisotopic (exact) mass is 194 g/mol. The second-order valence-electron chi connectivity index (χ2n) is 3.28. The quantitative estimate of drug-likeness (QED) is 0.792. The SMILES string of the molecule is c1cc(CS[C@H]2CCNC2)ccn1. The van der Waals surface area contributed by atoms with E-state index in [1.165, 1.54) is 25.1 Å². The lowest BCUT2D eigenvalue weighted by Crippen LogP contribution is -2.10. The van der Waals surface area contributed by atoms with E-state index in [4.69, 9.17) is 0 Å². The number of nitrogens with zero attached hydrogens (tertiary/aromatic N) is 1. The number of thioether (sulfide) groups is 1. The fourth-order valence-corrected chi connectivity index (χ4v) is 2.60. The normalized spacial score (nSPS) is 22.0. The lowest BCUT2D eigenvalue weighted by Gasteiger charge is -2.06. The summed E-state index contributed by atoms with van der Waals surface area (Å²) in [5, 5.41) is 4.19. The first kappa shape index (κ1) is 9.03. The first-order valence-electron chi connectivity index (χ1n) is 4.66. The average molecular weight is 194 g/mol. The molecule has 2 nitrogen and oxygen atoms in total.